The first-order valence-corrected chi connectivity index (χ1v) is 8.26. The molecule has 0 aliphatic heterocycles. The van der Waals surface area contributed by atoms with E-state index in [1.165, 1.54) is 51.4 Å². The van der Waals surface area contributed by atoms with Gasteiger partial charge in [0.15, 0.2) is 0 Å². The van der Waals surface area contributed by atoms with Gasteiger partial charge in [-0.05, 0) is 67.3 Å². The summed E-state index contributed by atoms with van der Waals surface area (Å²) in [7, 11) is 0. The zero-order chi connectivity index (χ0) is 14.3. The molecule has 108 valence electrons. The van der Waals surface area contributed by atoms with E-state index in [0.29, 0.717) is 0 Å². The molecular formula is C19H32. The van der Waals surface area contributed by atoms with Gasteiger partial charge in [-0.2, -0.15) is 0 Å². The highest BCUT2D eigenvalue weighted by atomic mass is 14.2. The van der Waals surface area contributed by atoms with Crippen molar-refractivity contribution in [3.8, 4) is 0 Å². The molecule has 0 unspecified atom stereocenters. The largest absolute Gasteiger partial charge is 0.0654 e. The van der Waals surface area contributed by atoms with Crippen LogP contribution < -0.4 is 0 Å². The molecule has 1 aromatic rings. The lowest BCUT2D eigenvalue weighted by Gasteiger charge is -2.18. The summed E-state index contributed by atoms with van der Waals surface area (Å²) in [4.78, 5) is 0. The Hall–Kier alpha value is -0.780. The normalized spacial score (nSPS) is 11.0. The van der Waals surface area contributed by atoms with Crippen LogP contribution in [-0.4, -0.2) is 0 Å². The summed E-state index contributed by atoms with van der Waals surface area (Å²) < 4.78 is 0. The minimum Gasteiger partial charge on any atom is -0.0654 e. The van der Waals surface area contributed by atoms with E-state index in [1.54, 1.807) is 27.8 Å². The molecule has 0 bridgehead atoms. The summed E-state index contributed by atoms with van der Waals surface area (Å²) in [5.41, 5.74) is 7.93. The van der Waals surface area contributed by atoms with Crippen molar-refractivity contribution in [3.05, 3.63) is 33.9 Å². The number of benzene rings is 1. The highest BCUT2D eigenvalue weighted by Gasteiger charge is 2.10. The Morgan fingerprint density at radius 3 is 2.05 bits per heavy atom. The van der Waals surface area contributed by atoms with E-state index < -0.39 is 0 Å². The van der Waals surface area contributed by atoms with Crippen molar-refractivity contribution in [2.75, 3.05) is 0 Å². The average Bonchev–Trinajstić information content (AvgIpc) is 2.42. The highest BCUT2D eigenvalue weighted by Crippen LogP contribution is 2.25. The van der Waals surface area contributed by atoms with Crippen molar-refractivity contribution in [1.82, 2.24) is 0 Å². The van der Waals surface area contributed by atoms with Gasteiger partial charge in [0.2, 0.25) is 0 Å². The Morgan fingerprint density at radius 1 is 0.737 bits per heavy atom. The zero-order valence-electron chi connectivity index (χ0n) is 13.7. The van der Waals surface area contributed by atoms with E-state index in [4.69, 9.17) is 0 Å². The van der Waals surface area contributed by atoms with Gasteiger partial charge in [0.25, 0.3) is 0 Å². The maximum Gasteiger partial charge on any atom is -0.0276 e. The molecule has 0 aliphatic rings. The molecule has 0 spiro atoms. The van der Waals surface area contributed by atoms with Gasteiger partial charge >= 0.3 is 0 Å². The Labute approximate surface area is 120 Å². The smallest absolute Gasteiger partial charge is 0.0276 e. The molecule has 0 aromatic heterocycles. The van der Waals surface area contributed by atoms with E-state index in [-0.39, 0.29) is 0 Å². The van der Waals surface area contributed by atoms with Crippen LogP contribution in [0.4, 0.5) is 0 Å². The van der Waals surface area contributed by atoms with Gasteiger partial charge in [-0.3, -0.25) is 0 Å². The summed E-state index contributed by atoms with van der Waals surface area (Å²) in [6.45, 7) is 11.5. The van der Waals surface area contributed by atoms with Crippen molar-refractivity contribution >= 4 is 0 Å². The number of unbranched alkanes of at least 4 members (excludes halogenated alkanes) is 3. The van der Waals surface area contributed by atoms with Crippen LogP contribution in [0.25, 0.3) is 0 Å². The molecule has 0 radical (unpaired) electrons. The van der Waals surface area contributed by atoms with Gasteiger partial charge in [-0.25, -0.2) is 0 Å². The van der Waals surface area contributed by atoms with Crippen molar-refractivity contribution in [2.24, 2.45) is 0 Å². The quantitative estimate of drug-likeness (QED) is 0.507. The molecule has 0 saturated carbocycles. The number of rotatable bonds is 8. The molecule has 0 amide bonds. The van der Waals surface area contributed by atoms with Crippen molar-refractivity contribution in [3.63, 3.8) is 0 Å². The molecule has 0 heteroatoms. The highest BCUT2D eigenvalue weighted by molar-refractivity contribution is 5.45. The van der Waals surface area contributed by atoms with Crippen molar-refractivity contribution in [2.45, 2.75) is 86.0 Å². The Morgan fingerprint density at radius 2 is 1.47 bits per heavy atom. The molecule has 0 atom stereocenters. The lowest BCUT2D eigenvalue weighted by molar-refractivity contribution is 0.664. The fourth-order valence-corrected chi connectivity index (χ4v) is 3.03. The minimum absolute atomic E-state index is 1.18. The SMILES string of the molecule is CCCCCCc1cc(CC)c(CCC)c(C)c1C. The van der Waals surface area contributed by atoms with Gasteiger partial charge in [0.05, 0.1) is 0 Å². The molecule has 0 heterocycles. The fourth-order valence-electron chi connectivity index (χ4n) is 3.03. The number of hydrogen-bond acceptors (Lipinski definition) is 0. The van der Waals surface area contributed by atoms with Gasteiger partial charge in [0.1, 0.15) is 0 Å². The molecule has 0 N–H and O–H groups in total. The standard InChI is InChI=1S/C19H32/c1-6-9-10-11-13-18-14-17(8-3)19(12-7-2)16(5)15(18)4/h14H,6-13H2,1-5H3. The number of aryl methyl sites for hydroxylation is 2. The molecule has 1 aromatic carbocycles. The van der Waals surface area contributed by atoms with Gasteiger partial charge < -0.3 is 0 Å². The first-order chi connectivity index (χ1) is 9.15. The molecule has 0 fully saturated rings. The lowest BCUT2D eigenvalue weighted by Crippen LogP contribution is -2.03. The predicted molar refractivity (Wildman–Crippen MR) is 87.1 cm³/mol. The van der Waals surface area contributed by atoms with Crippen LogP contribution in [0.2, 0.25) is 0 Å². The minimum atomic E-state index is 1.18. The number of hydrogen-bond donors (Lipinski definition) is 0. The van der Waals surface area contributed by atoms with E-state index in [2.05, 4.69) is 40.7 Å². The second-order valence-corrected chi connectivity index (χ2v) is 5.84. The maximum absolute atomic E-state index is 2.50. The molecule has 1 rings (SSSR count). The first-order valence-electron chi connectivity index (χ1n) is 8.26. The van der Waals surface area contributed by atoms with E-state index in [0.717, 1.165) is 0 Å². The third-order valence-electron chi connectivity index (χ3n) is 4.41. The monoisotopic (exact) mass is 260 g/mol. The van der Waals surface area contributed by atoms with Gasteiger partial charge in [0, 0.05) is 0 Å². The lowest BCUT2D eigenvalue weighted by atomic mass is 9.88. The first kappa shape index (κ1) is 16.3. The Kier molecular flexibility index (Phi) is 7.20. The summed E-state index contributed by atoms with van der Waals surface area (Å²) >= 11 is 0. The third-order valence-corrected chi connectivity index (χ3v) is 4.41. The van der Waals surface area contributed by atoms with Gasteiger partial charge in [-0.15, -0.1) is 0 Å². The van der Waals surface area contributed by atoms with Crippen LogP contribution >= 0.6 is 0 Å². The van der Waals surface area contributed by atoms with Crippen molar-refractivity contribution in [1.29, 1.82) is 0 Å². The summed E-state index contributed by atoms with van der Waals surface area (Å²) in [6, 6.07) is 2.50. The van der Waals surface area contributed by atoms with Gasteiger partial charge in [-0.1, -0.05) is 52.5 Å². The molecule has 19 heavy (non-hydrogen) atoms. The topological polar surface area (TPSA) is 0 Å². The Balaban J connectivity index is 2.90. The van der Waals surface area contributed by atoms with Crippen LogP contribution in [0.15, 0.2) is 6.07 Å². The van der Waals surface area contributed by atoms with Crippen LogP contribution in [-0.2, 0) is 19.3 Å². The molecule has 0 aliphatic carbocycles. The third kappa shape index (κ3) is 4.37. The second-order valence-electron chi connectivity index (χ2n) is 5.84. The predicted octanol–water partition coefficient (Wildman–Crippen LogP) is 5.94. The fraction of sp³-hybridized carbons (Fsp3) is 0.684. The summed E-state index contributed by atoms with van der Waals surface area (Å²) in [5, 5.41) is 0. The molecule has 0 saturated heterocycles. The average molecular weight is 260 g/mol. The van der Waals surface area contributed by atoms with E-state index in [9.17, 15) is 0 Å². The molecular weight excluding hydrogens is 228 g/mol. The van der Waals surface area contributed by atoms with Crippen LogP contribution in [0, 0.1) is 13.8 Å². The van der Waals surface area contributed by atoms with E-state index >= 15 is 0 Å². The van der Waals surface area contributed by atoms with Crippen LogP contribution in [0.1, 0.15) is 80.7 Å². The maximum atomic E-state index is 2.50. The molecule has 0 nitrogen and oxygen atoms in total. The Bertz CT molecular complexity index is 388. The summed E-state index contributed by atoms with van der Waals surface area (Å²) in [6.07, 6.45) is 10.4. The van der Waals surface area contributed by atoms with E-state index in [1.807, 2.05) is 0 Å². The summed E-state index contributed by atoms with van der Waals surface area (Å²) in [5.74, 6) is 0. The van der Waals surface area contributed by atoms with Crippen LogP contribution in [0.5, 0.6) is 0 Å². The van der Waals surface area contributed by atoms with Crippen LogP contribution in [0.3, 0.4) is 0 Å². The zero-order valence-corrected chi connectivity index (χ0v) is 13.7. The second kappa shape index (κ2) is 8.40. The van der Waals surface area contributed by atoms with Crippen molar-refractivity contribution < 1.29 is 0 Å².